The van der Waals surface area contributed by atoms with Gasteiger partial charge in [-0.1, -0.05) is 53.7 Å². The molecule has 0 aromatic carbocycles. The molecule has 0 amide bonds. The maximum atomic E-state index is 12.8. The Morgan fingerprint density at radius 3 is 2.29 bits per heavy atom. The van der Waals surface area contributed by atoms with Crippen molar-refractivity contribution in [1.29, 1.82) is 0 Å². The number of allylic oxidation sites excluding steroid dienone is 4. The van der Waals surface area contributed by atoms with Gasteiger partial charge in [-0.05, 0) is 91.1 Å². The first kappa shape index (κ1) is 24.7. The lowest BCUT2D eigenvalue weighted by Crippen LogP contribution is -2.53. The number of ketones is 1. The van der Waals surface area contributed by atoms with Crippen molar-refractivity contribution in [3.05, 3.63) is 23.3 Å². The van der Waals surface area contributed by atoms with Crippen LogP contribution in [0.15, 0.2) is 23.3 Å². The van der Waals surface area contributed by atoms with Crippen molar-refractivity contribution in [3.63, 3.8) is 0 Å². The Morgan fingerprint density at radius 2 is 1.68 bits per heavy atom. The summed E-state index contributed by atoms with van der Waals surface area (Å²) in [5.74, 6) is 1.36. The third kappa shape index (κ3) is 2.91. The molecule has 5 aliphatic rings. The largest absolute Gasteiger partial charge is 0.388 e. The minimum absolute atomic E-state index is 0.0639. The van der Waals surface area contributed by atoms with Gasteiger partial charge in [-0.25, -0.2) is 0 Å². The normalized spacial score (nSPS) is 50.1. The molecule has 1 heterocycles. The molecule has 34 heavy (non-hydrogen) atoms. The molecule has 0 spiro atoms. The zero-order valence-electron chi connectivity index (χ0n) is 22.6. The third-order valence-electron chi connectivity index (χ3n) is 12.0. The topological polar surface area (TPSA) is 66.8 Å². The highest BCUT2D eigenvalue weighted by atomic mass is 16.6. The van der Waals surface area contributed by atoms with Crippen LogP contribution in [-0.4, -0.2) is 39.9 Å². The van der Waals surface area contributed by atoms with Crippen LogP contribution < -0.4 is 0 Å². The molecule has 2 saturated carbocycles. The van der Waals surface area contributed by atoms with Crippen molar-refractivity contribution < 1.29 is 19.7 Å². The summed E-state index contributed by atoms with van der Waals surface area (Å²) in [7, 11) is 0. The number of carbonyl (C=O) groups is 1. The van der Waals surface area contributed by atoms with Gasteiger partial charge in [-0.3, -0.25) is 4.79 Å². The monoisotopic (exact) mass is 470 g/mol. The smallest absolute Gasteiger partial charge is 0.138 e. The van der Waals surface area contributed by atoms with Crippen molar-refractivity contribution in [2.75, 3.05) is 0 Å². The standard InChI is InChI=1S/C30H46O4/c1-17(24-23(32)25(33)27(4,5)34-24)18-11-15-30(8)20-9-10-21-26(2,3)22(31)13-14-28(21,6)19(20)12-16-29(18,30)7/h9,12,17-18,21,23-25,32-33H,10-11,13-16H2,1-8H3/t17?,18-,21?,23?,24?,25?,28+,29-,30+/m0/s1. The maximum absolute atomic E-state index is 12.8. The van der Waals surface area contributed by atoms with Crippen LogP contribution in [0.1, 0.15) is 93.9 Å². The van der Waals surface area contributed by atoms with E-state index in [1.165, 1.54) is 11.1 Å². The van der Waals surface area contributed by atoms with Gasteiger partial charge in [0.25, 0.3) is 0 Å². The van der Waals surface area contributed by atoms with E-state index in [0.29, 0.717) is 24.0 Å². The summed E-state index contributed by atoms with van der Waals surface area (Å²) in [5, 5.41) is 21.4. The van der Waals surface area contributed by atoms with Gasteiger partial charge >= 0.3 is 0 Å². The van der Waals surface area contributed by atoms with Gasteiger partial charge in [0.1, 0.15) is 18.0 Å². The highest BCUT2D eigenvalue weighted by Crippen LogP contribution is 2.71. The fraction of sp³-hybridized carbons (Fsp3) is 0.833. The molecule has 4 nitrogen and oxygen atoms in total. The Balaban J connectivity index is 1.50. The van der Waals surface area contributed by atoms with E-state index in [1.807, 2.05) is 13.8 Å². The Morgan fingerprint density at radius 1 is 1.00 bits per heavy atom. The van der Waals surface area contributed by atoms with Crippen LogP contribution in [0.5, 0.6) is 0 Å². The Kier molecular flexibility index (Phi) is 5.30. The molecule has 3 fully saturated rings. The lowest BCUT2D eigenvalue weighted by Gasteiger charge is -2.59. The van der Waals surface area contributed by atoms with E-state index >= 15 is 0 Å². The third-order valence-corrected chi connectivity index (χ3v) is 12.0. The van der Waals surface area contributed by atoms with Crippen LogP contribution in [0.25, 0.3) is 0 Å². The molecular formula is C30H46O4. The Hall–Kier alpha value is -0.970. The fourth-order valence-corrected chi connectivity index (χ4v) is 9.42. The van der Waals surface area contributed by atoms with E-state index in [1.54, 1.807) is 0 Å². The highest BCUT2D eigenvalue weighted by molar-refractivity contribution is 5.86. The summed E-state index contributed by atoms with van der Waals surface area (Å²) in [6.07, 6.45) is 8.90. The summed E-state index contributed by atoms with van der Waals surface area (Å²) in [4.78, 5) is 12.8. The lowest BCUT2D eigenvalue weighted by atomic mass is 9.44. The van der Waals surface area contributed by atoms with Crippen LogP contribution >= 0.6 is 0 Å². The molecule has 0 bridgehead atoms. The predicted octanol–water partition coefficient (Wildman–Crippen LogP) is 5.62. The predicted molar refractivity (Wildman–Crippen MR) is 134 cm³/mol. The second-order valence-corrected chi connectivity index (χ2v) is 14.2. The molecule has 1 saturated heterocycles. The van der Waals surface area contributed by atoms with Crippen molar-refractivity contribution in [2.24, 2.45) is 39.4 Å². The van der Waals surface area contributed by atoms with Crippen molar-refractivity contribution >= 4 is 5.78 Å². The first-order chi connectivity index (χ1) is 15.6. The molecule has 1 aliphatic heterocycles. The van der Waals surface area contributed by atoms with Crippen LogP contribution in [0.2, 0.25) is 0 Å². The number of aliphatic hydroxyl groups excluding tert-OH is 2. The summed E-state index contributed by atoms with van der Waals surface area (Å²) < 4.78 is 6.27. The maximum Gasteiger partial charge on any atom is 0.138 e. The van der Waals surface area contributed by atoms with E-state index in [2.05, 4.69) is 53.7 Å². The zero-order valence-corrected chi connectivity index (χ0v) is 22.6. The molecule has 0 radical (unpaired) electrons. The van der Waals surface area contributed by atoms with Crippen LogP contribution in [-0.2, 0) is 9.53 Å². The first-order valence-corrected chi connectivity index (χ1v) is 13.6. The molecule has 0 aromatic heterocycles. The van der Waals surface area contributed by atoms with Crippen LogP contribution in [0, 0.1) is 39.4 Å². The average Bonchev–Trinajstić information content (AvgIpc) is 3.15. The van der Waals surface area contributed by atoms with Crippen LogP contribution in [0.3, 0.4) is 0 Å². The molecular weight excluding hydrogens is 424 g/mol. The quantitative estimate of drug-likeness (QED) is 0.550. The number of Topliss-reactive ketones (excluding diaryl/α,β-unsaturated/α-hetero) is 1. The van der Waals surface area contributed by atoms with Gasteiger partial charge in [0.05, 0.1) is 11.7 Å². The number of carbonyl (C=O) groups excluding carboxylic acids is 1. The number of aliphatic hydroxyl groups is 2. The van der Waals surface area contributed by atoms with E-state index in [9.17, 15) is 15.0 Å². The summed E-state index contributed by atoms with van der Waals surface area (Å²) >= 11 is 0. The molecule has 9 atom stereocenters. The van der Waals surface area contributed by atoms with Crippen LogP contribution in [0.4, 0.5) is 0 Å². The lowest BCUT2D eigenvalue weighted by molar-refractivity contribution is -0.138. The molecule has 4 aliphatic carbocycles. The van der Waals surface area contributed by atoms with Crippen molar-refractivity contribution in [1.82, 2.24) is 0 Å². The molecule has 5 rings (SSSR count). The minimum Gasteiger partial charge on any atom is -0.388 e. The second kappa shape index (κ2) is 7.29. The van der Waals surface area contributed by atoms with Crippen molar-refractivity contribution in [3.8, 4) is 0 Å². The summed E-state index contributed by atoms with van der Waals surface area (Å²) in [5.41, 5.74) is 2.28. The second-order valence-electron chi connectivity index (χ2n) is 14.2. The van der Waals surface area contributed by atoms with E-state index in [-0.39, 0.29) is 33.7 Å². The number of hydrogen-bond acceptors (Lipinski definition) is 4. The molecule has 5 unspecified atom stereocenters. The van der Waals surface area contributed by atoms with Gasteiger partial charge in [0.2, 0.25) is 0 Å². The van der Waals surface area contributed by atoms with E-state index in [4.69, 9.17) is 4.74 Å². The average molecular weight is 471 g/mol. The highest BCUT2D eigenvalue weighted by Gasteiger charge is 2.64. The van der Waals surface area contributed by atoms with E-state index < -0.39 is 17.8 Å². The minimum atomic E-state index is -0.853. The summed E-state index contributed by atoms with van der Waals surface area (Å²) in [6, 6.07) is 0. The molecule has 190 valence electrons. The number of fused-ring (bicyclic) bond motifs is 5. The van der Waals surface area contributed by atoms with E-state index in [0.717, 1.165) is 32.1 Å². The Bertz CT molecular complexity index is 959. The molecule has 2 N–H and O–H groups in total. The van der Waals surface area contributed by atoms with Crippen molar-refractivity contribution in [2.45, 2.75) is 118 Å². The van der Waals surface area contributed by atoms with Gasteiger partial charge < -0.3 is 14.9 Å². The Labute approximate surface area is 206 Å². The SMILES string of the molecule is CC(C1OC(C)(C)C(O)C1O)[C@@H]1CC[C@]2(C)C3=CCC4C(C)(C)C(=O)CC[C@]4(C)C3=CC[C@@]12C. The van der Waals surface area contributed by atoms with Gasteiger partial charge in [0, 0.05) is 11.8 Å². The number of rotatable bonds is 2. The molecule has 4 heteroatoms. The number of ether oxygens (including phenoxy) is 1. The first-order valence-electron chi connectivity index (χ1n) is 13.6. The molecule has 0 aromatic rings. The van der Waals surface area contributed by atoms with Gasteiger partial charge in [-0.2, -0.15) is 0 Å². The van der Waals surface area contributed by atoms with Gasteiger partial charge in [0.15, 0.2) is 0 Å². The zero-order chi connectivity index (χ0) is 25.1. The fourth-order valence-electron chi connectivity index (χ4n) is 9.42. The summed E-state index contributed by atoms with van der Waals surface area (Å²) in [6.45, 7) is 17.7. The van der Waals surface area contributed by atoms with Gasteiger partial charge in [-0.15, -0.1) is 0 Å². The number of hydrogen-bond donors (Lipinski definition) is 2.